The molecule has 3 aliphatic rings. The van der Waals surface area contributed by atoms with E-state index in [1.807, 2.05) is 5.57 Å². The van der Waals surface area contributed by atoms with Gasteiger partial charge in [0, 0.05) is 0 Å². The van der Waals surface area contributed by atoms with Gasteiger partial charge in [-0.1, -0.05) is 57.4 Å². The number of allylic oxidation sites excluding steroid dienone is 4. The van der Waals surface area contributed by atoms with Gasteiger partial charge in [0.1, 0.15) is 0 Å². The van der Waals surface area contributed by atoms with Gasteiger partial charge < -0.3 is 0 Å². The van der Waals surface area contributed by atoms with Crippen molar-refractivity contribution in [3.05, 3.63) is 22.8 Å². The fourth-order valence-corrected chi connectivity index (χ4v) is 6.58. The first-order valence-electron chi connectivity index (χ1n) is 10.1. The monoisotopic (exact) mass is 314 g/mol. The van der Waals surface area contributed by atoms with Crippen LogP contribution in [0.2, 0.25) is 0 Å². The molecule has 0 amide bonds. The maximum atomic E-state index is 2.62. The van der Waals surface area contributed by atoms with Gasteiger partial charge in [0.2, 0.25) is 0 Å². The molecule has 130 valence electrons. The number of hydrogen-bond donors (Lipinski definition) is 0. The van der Waals surface area contributed by atoms with Crippen LogP contribution in [-0.2, 0) is 0 Å². The predicted molar refractivity (Wildman–Crippen MR) is 101 cm³/mol. The minimum absolute atomic E-state index is 0.492. The lowest BCUT2D eigenvalue weighted by Crippen LogP contribution is -2.44. The lowest BCUT2D eigenvalue weighted by Gasteiger charge is -2.51. The molecule has 0 N–H and O–H groups in total. The maximum absolute atomic E-state index is 2.62. The van der Waals surface area contributed by atoms with Crippen LogP contribution >= 0.6 is 0 Å². The SMILES string of the molecule is CC1=CCCC(C)CCC2=C(C)[C@@H]3[C@H]1CC(C)[C@]3(C)C(C)C2C. The van der Waals surface area contributed by atoms with Gasteiger partial charge in [0.25, 0.3) is 0 Å². The molecule has 1 fully saturated rings. The zero-order chi connectivity index (χ0) is 16.9. The van der Waals surface area contributed by atoms with Gasteiger partial charge in [0.05, 0.1) is 0 Å². The highest BCUT2D eigenvalue weighted by molar-refractivity contribution is 5.32. The summed E-state index contributed by atoms with van der Waals surface area (Å²) in [5.74, 6) is 4.89. The average molecular weight is 315 g/mol. The van der Waals surface area contributed by atoms with Gasteiger partial charge in [-0.15, -0.1) is 0 Å². The Morgan fingerprint density at radius 2 is 1.74 bits per heavy atom. The van der Waals surface area contributed by atoms with Crippen molar-refractivity contribution in [2.75, 3.05) is 0 Å². The van der Waals surface area contributed by atoms with Crippen molar-refractivity contribution in [3.8, 4) is 0 Å². The van der Waals surface area contributed by atoms with Gasteiger partial charge >= 0.3 is 0 Å². The molecule has 23 heavy (non-hydrogen) atoms. The molecule has 1 saturated carbocycles. The van der Waals surface area contributed by atoms with Gasteiger partial charge in [-0.05, 0) is 86.9 Å². The van der Waals surface area contributed by atoms with E-state index in [1.54, 1.807) is 11.1 Å². The fourth-order valence-electron chi connectivity index (χ4n) is 6.58. The Morgan fingerprint density at radius 3 is 2.43 bits per heavy atom. The zero-order valence-electron chi connectivity index (χ0n) is 16.6. The van der Waals surface area contributed by atoms with E-state index in [1.165, 1.54) is 32.1 Å². The number of rotatable bonds is 0. The summed E-state index contributed by atoms with van der Waals surface area (Å²) in [5.41, 5.74) is 5.81. The third kappa shape index (κ3) is 2.56. The molecule has 0 nitrogen and oxygen atoms in total. The second-order valence-electron chi connectivity index (χ2n) is 9.54. The molecule has 0 aromatic rings. The summed E-state index contributed by atoms with van der Waals surface area (Å²) in [6.07, 6.45) is 9.41. The standard InChI is InChI=1S/C23H38/c1-14-9-8-10-15(2)21-13-16(3)23(7)19(6)17(4)20(12-11-14)18(5)22(21)23/h10,14,16-17,19,21-22H,8-9,11-13H2,1-7H3/t14?,16?,17?,19?,21-,22+,23+/m0/s1. The Balaban J connectivity index is 2.13. The third-order valence-electron chi connectivity index (χ3n) is 8.61. The van der Waals surface area contributed by atoms with Crippen LogP contribution < -0.4 is 0 Å². The summed E-state index contributed by atoms with van der Waals surface area (Å²) in [6, 6.07) is 0. The molecule has 2 bridgehead atoms. The van der Waals surface area contributed by atoms with Crippen LogP contribution in [0.15, 0.2) is 22.8 Å². The predicted octanol–water partition coefficient (Wildman–Crippen LogP) is 7.02. The van der Waals surface area contributed by atoms with E-state index >= 15 is 0 Å². The second kappa shape index (κ2) is 6.08. The van der Waals surface area contributed by atoms with Gasteiger partial charge in [0.15, 0.2) is 0 Å². The molecule has 0 heteroatoms. The lowest BCUT2D eigenvalue weighted by atomic mass is 9.54. The first-order chi connectivity index (χ1) is 10.8. The van der Waals surface area contributed by atoms with Crippen LogP contribution in [0.25, 0.3) is 0 Å². The van der Waals surface area contributed by atoms with Crippen molar-refractivity contribution in [2.24, 2.45) is 40.9 Å². The highest BCUT2D eigenvalue weighted by Crippen LogP contribution is 2.64. The molecule has 0 heterocycles. The molecular weight excluding hydrogens is 276 g/mol. The van der Waals surface area contributed by atoms with Crippen LogP contribution in [0.1, 0.15) is 80.6 Å². The van der Waals surface area contributed by atoms with Crippen molar-refractivity contribution in [3.63, 3.8) is 0 Å². The third-order valence-corrected chi connectivity index (χ3v) is 8.61. The molecule has 0 spiro atoms. The van der Waals surface area contributed by atoms with E-state index in [-0.39, 0.29) is 0 Å². The molecular formula is C23H38. The molecule has 3 rings (SSSR count). The van der Waals surface area contributed by atoms with Crippen molar-refractivity contribution in [2.45, 2.75) is 80.6 Å². The molecule has 0 aromatic carbocycles. The Labute approximate surface area is 144 Å². The summed E-state index contributed by atoms with van der Waals surface area (Å²) in [6.45, 7) is 17.6. The van der Waals surface area contributed by atoms with Crippen LogP contribution in [-0.4, -0.2) is 0 Å². The minimum atomic E-state index is 0.492. The first-order valence-corrected chi connectivity index (χ1v) is 10.1. The topological polar surface area (TPSA) is 0 Å². The van der Waals surface area contributed by atoms with Crippen molar-refractivity contribution in [1.82, 2.24) is 0 Å². The van der Waals surface area contributed by atoms with E-state index in [0.717, 1.165) is 35.5 Å². The molecule has 0 aliphatic heterocycles. The Hall–Kier alpha value is -0.520. The number of hydrogen-bond acceptors (Lipinski definition) is 0. The summed E-state index contributed by atoms with van der Waals surface area (Å²) in [7, 11) is 0. The van der Waals surface area contributed by atoms with Crippen molar-refractivity contribution < 1.29 is 0 Å². The van der Waals surface area contributed by atoms with E-state index in [0.29, 0.717) is 5.41 Å². The molecule has 0 aromatic heterocycles. The summed E-state index contributed by atoms with van der Waals surface area (Å²) >= 11 is 0. The van der Waals surface area contributed by atoms with Crippen molar-refractivity contribution >= 4 is 0 Å². The fraction of sp³-hybridized carbons (Fsp3) is 0.826. The Kier molecular flexibility index (Phi) is 4.58. The van der Waals surface area contributed by atoms with E-state index in [4.69, 9.17) is 0 Å². The molecule has 0 saturated heterocycles. The van der Waals surface area contributed by atoms with E-state index in [9.17, 15) is 0 Å². The second-order valence-corrected chi connectivity index (χ2v) is 9.54. The van der Waals surface area contributed by atoms with Gasteiger partial charge in [-0.2, -0.15) is 0 Å². The summed E-state index contributed by atoms with van der Waals surface area (Å²) < 4.78 is 0. The van der Waals surface area contributed by atoms with Crippen LogP contribution in [0.5, 0.6) is 0 Å². The molecule has 7 atom stereocenters. The van der Waals surface area contributed by atoms with Gasteiger partial charge in [-0.3, -0.25) is 0 Å². The van der Waals surface area contributed by atoms with Crippen LogP contribution in [0.4, 0.5) is 0 Å². The Bertz CT molecular complexity index is 522. The largest absolute Gasteiger partial charge is 0.0853 e. The highest BCUT2D eigenvalue weighted by atomic mass is 14.6. The lowest BCUT2D eigenvalue weighted by molar-refractivity contribution is 0.0540. The van der Waals surface area contributed by atoms with Crippen molar-refractivity contribution in [1.29, 1.82) is 0 Å². The molecule has 3 aliphatic carbocycles. The van der Waals surface area contributed by atoms with Crippen LogP contribution in [0, 0.1) is 40.9 Å². The normalized spacial score (nSPS) is 48.0. The summed E-state index contributed by atoms with van der Waals surface area (Å²) in [4.78, 5) is 0. The zero-order valence-corrected chi connectivity index (χ0v) is 16.6. The molecule has 4 unspecified atom stereocenters. The quantitative estimate of drug-likeness (QED) is 0.421. The Morgan fingerprint density at radius 1 is 1.04 bits per heavy atom. The maximum Gasteiger partial charge on any atom is -0.00783 e. The highest BCUT2D eigenvalue weighted by Gasteiger charge is 2.57. The molecule has 0 radical (unpaired) electrons. The summed E-state index contributed by atoms with van der Waals surface area (Å²) in [5, 5.41) is 0. The smallest absolute Gasteiger partial charge is 0.00783 e. The minimum Gasteiger partial charge on any atom is -0.0853 e. The first kappa shape index (κ1) is 17.3. The van der Waals surface area contributed by atoms with E-state index < -0.39 is 0 Å². The van der Waals surface area contributed by atoms with E-state index in [2.05, 4.69) is 54.5 Å². The van der Waals surface area contributed by atoms with Crippen LogP contribution in [0.3, 0.4) is 0 Å². The van der Waals surface area contributed by atoms with Gasteiger partial charge in [-0.25, -0.2) is 0 Å². The average Bonchev–Trinajstić information content (AvgIpc) is 2.77.